The smallest absolute Gasteiger partial charge is 0.0828 e. The van der Waals surface area contributed by atoms with Crippen molar-refractivity contribution in [3.05, 3.63) is 0 Å². The van der Waals surface area contributed by atoms with E-state index in [0.29, 0.717) is 6.10 Å². The third kappa shape index (κ3) is 2.23. The van der Waals surface area contributed by atoms with Crippen LogP contribution >= 0.6 is 0 Å². The first-order valence-corrected chi connectivity index (χ1v) is 5.76. The van der Waals surface area contributed by atoms with Crippen molar-refractivity contribution >= 4 is 0 Å². The molecule has 2 nitrogen and oxygen atoms in total. The second-order valence-electron chi connectivity index (χ2n) is 4.32. The number of hydrogen-bond donors (Lipinski definition) is 0. The van der Waals surface area contributed by atoms with Crippen LogP contribution in [-0.4, -0.2) is 36.7 Å². The Balaban J connectivity index is 1.66. The standard InChI is InChI=1S/C11H21NO/c1-2-13-11-8-12(9-11)10-6-4-3-5-7-10/h10-11H,2-9H2,1H3. The molecule has 1 saturated carbocycles. The van der Waals surface area contributed by atoms with Gasteiger partial charge in [0.05, 0.1) is 6.10 Å². The highest BCUT2D eigenvalue weighted by Gasteiger charge is 2.32. The second-order valence-corrected chi connectivity index (χ2v) is 4.32. The van der Waals surface area contributed by atoms with Crippen molar-refractivity contribution in [2.75, 3.05) is 19.7 Å². The topological polar surface area (TPSA) is 12.5 Å². The summed E-state index contributed by atoms with van der Waals surface area (Å²) in [7, 11) is 0. The van der Waals surface area contributed by atoms with Gasteiger partial charge >= 0.3 is 0 Å². The number of nitrogens with zero attached hydrogens (tertiary/aromatic N) is 1. The molecule has 76 valence electrons. The fourth-order valence-electron chi connectivity index (χ4n) is 2.56. The summed E-state index contributed by atoms with van der Waals surface area (Å²) in [6.07, 6.45) is 7.75. The zero-order valence-corrected chi connectivity index (χ0v) is 8.67. The van der Waals surface area contributed by atoms with Gasteiger partial charge in [0.25, 0.3) is 0 Å². The predicted octanol–water partition coefficient (Wildman–Crippen LogP) is 2.04. The fraction of sp³-hybridized carbons (Fsp3) is 1.00. The molecule has 1 saturated heterocycles. The average molecular weight is 183 g/mol. The Bertz CT molecular complexity index is 148. The van der Waals surface area contributed by atoms with E-state index in [-0.39, 0.29) is 0 Å². The molecule has 0 spiro atoms. The molecular weight excluding hydrogens is 162 g/mol. The van der Waals surface area contributed by atoms with Crippen LogP contribution in [0, 0.1) is 0 Å². The molecule has 1 heterocycles. The van der Waals surface area contributed by atoms with Crippen LogP contribution in [0.15, 0.2) is 0 Å². The van der Waals surface area contributed by atoms with Gasteiger partial charge < -0.3 is 4.74 Å². The molecule has 0 atom stereocenters. The van der Waals surface area contributed by atoms with E-state index in [1.54, 1.807) is 0 Å². The van der Waals surface area contributed by atoms with Gasteiger partial charge in [0.2, 0.25) is 0 Å². The summed E-state index contributed by atoms with van der Waals surface area (Å²) >= 11 is 0. The molecule has 2 aliphatic rings. The molecule has 0 N–H and O–H groups in total. The van der Waals surface area contributed by atoms with Gasteiger partial charge in [-0.2, -0.15) is 0 Å². The molecule has 0 aromatic heterocycles. The summed E-state index contributed by atoms with van der Waals surface area (Å²) in [5.41, 5.74) is 0. The quantitative estimate of drug-likeness (QED) is 0.664. The van der Waals surface area contributed by atoms with Gasteiger partial charge in [-0.3, -0.25) is 4.90 Å². The fourth-order valence-corrected chi connectivity index (χ4v) is 2.56. The highest BCUT2D eigenvalue weighted by Crippen LogP contribution is 2.26. The Morgan fingerprint density at radius 1 is 1.15 bits per heavy atom. The molecule has 2 heteroatoms. The van der Waals surface area contributed by atoms with Crippen LogP contribution in [0.5, 0.6) is 0 Å². The molecule has 0 aromatic rings. The van der Waals surface area contributed by atoms with Gasteiger partial charge in [0, 0.05) is 25.7 Å². The zero-order chi connectivity index (χ0) is 9.10. The number of rotatable bonds is 3. The van der Waals surface area contributed by atoms with Crippen molar-refractivity contribution < 1.29 is 4.74 Å². The Kier molecular flexibility index (Phi) is 3.23. The lowest BCUT2D eigenvalue weighted by Crippen LogP contribution is -2.56. The summed E-state index contributed by atoms with van der Waals surface area (Å²) in [6.45, 7) is 5.35. The van der Waals surface area contributed by atoms with E-state index in [1.165, 1.54) is 45.2 Å². The van der Waals surface area contributed by atoms with Gasteiger partial charge in [-0.15, -0.1) is 0 Å². The summed E-state index contributed by atoms with van der Waals surface area (Å²) in [4.78, 5) is 2.61. The average Bonchev–Trinajstić information content (AvgIpc) is 2.12. The van der Waals surface area contributed by atoms with Crippen LogP contribution in [-0.2, 0) is 4.74 Å². The van der Waals surface area contributed by atoms with Crippen molar-refractivity contribution in [2.24, 2.45) is 0 Å². The maximum atomic E-state index is 5.56. The zero-order valence-electron chi connectivity index (χ0n) is 8.67. The summed E-state index contributed by atoms with van der Waals surface area (Å²) in [5, 5.41) is 0. The highest BCUT2D eigenvalue weighted by atomic mass is 16.5. The van der Waals surface area contributed by atoms with Crippen LogP contribution in [0.4, 0.5) is 0 Å². The Morgan fingerprint density at radius 2 is 1.85 bits per heavy atom. The van der Waals surface area contributed by atoms with E-state index in [9.17, 15) is 0 Å². The minimum Gasteiger partial charge on any atom is -0.376 e. The molecule has 13 heavy (non-hydrogen) atoms. The number of likely N-dealkylation sites (tertiary alicyclic amines) is 1. The number of hydrogen-bond acceptors (Lipinski definition) is 2. The monoisotopic (exact) mass is 183 g/mol. The lowest BCUT2D eigenvalue weighted by molar-refractivity contribution is -0.0731. The molecule has 0 radical (unpaired) electrons. The van der Waals surface area contributed by atoms with Gasteiger partial charge in [0.15, 0.2) is 0 Å². The molecule has 2 fully saturated rings. The van der Waals surface area contributed by atoms with Crippen molar-refractivity contribution in [3.63, 3.8) is 0 Å². The van der Waals surface area contributed by atoms with Crippen molar-refractivity contribution in [1.82, 2.24) is 4.90 Å². The lowest BCUT2D eigenvalue weighted by Gasteiger charge is -2.45. The highest BCUT2D eigenvalue weighted by molar-refractivity contribution is 4.87. The molecular formula is C11H21NO. The Hall–Kier alpha value is -0.0800. The third-order valence-electron chi connectivity index (χ3n) is 3.37. The first-order valence-electron chi connectivity index (χ1n) is 5.76. The molecule has 0 aromatic carbocycles. The maximum Gasteiger partial charge on any atom is 0.0828 e. The van der Waals surface area contributed by atoms with Crippen molar-refractivity contribution in [2.45, 2.75) is 51.2 Å². The van der Waals surface area contributed by atoms with Crippen LogP contribution in [0.2, 0.25) is 0 Å². The normalized spacial score (nSPS) is 27.5. The lowest BCUT2D eigenvalue weighted by atomic mass is 9.92. The minimum atomic E-state index is 0.548. The summed E-state index contributed by atoms with van der Waals surface area (Å²) < 4.78 is 5.56. The van der Waals surface area contributed by atoms with E-state index < -0.39 is 0 Å². The van der Waals surface area contributed by atoms with E-state index >= 15 is 0 Å². The molecule has 0 unspecified atom stereocenters. The van der Waals surface area contributed by atoms with Crippen LogP contribution in [0.25, 0.3) is 0 Å². The van der Waals surface area contributed by atoms with E-state index in [2.05, 4.69) is 11.8 Å². The first kappa shape index (κ1) is 9.47. The van der Waals surface area contributed by atoms with Gasteiger partial charge in [-0.05, 0) is 19.8 Å². The van der Waals surface area contributed by atoms with Gasteiger partial charge in [-0.25, -0.2) is 0 Å². The molecule has 0 bridgehead atoms. The van der Waals surface area contributed by atoms with Crippen molar-refractivity contribution in [3.8, 4) is 0 Å². The van der Waals surface area contributed by atoms with Gasteiger partial charge in [-0.1, -0.05) is 19.3 Å². The first-order chi connectivity index (χ1) is 6.40. The Morgan fingerprint density at radius 3 is 2.46 bits per heavy atom. The SMILES string of the molecule is CCOC1CN(C2CCCCC2)C1. The van der Waals surface area contributed by atoms with E-state index in [0.717, 1.165) is 12.6 Å². The molecule has 1 aliphatic heterocycles. The molecule has 0 amide bonds. The van der Waals surface area contributed by atoms with E-state index in [4.69, 9.17) is 4.74 Å². The van der Waals surface area contributed by atoms with Crippen LogP contribution < -0.4 is 0 Å². The third-order valence-corrected chi connectivity index (χ3v) is 3.37. The number of ether oxygens (including phenoxy) is 1. The van der Waals surface area contributed by atoms with Crippen LogP contribution in [0.1, 0.15) is 39.0 Å². The minimum absolute atomic E-state index is 0.548. The van der Waals surface area contributed by atoms with Crippen LogP contribution in [0.3, 0.4) is 0 Å². The second kappa shape index (κ2) is 4.43. The summed E-state index contributed by atoms with van der Waals surface area (Å²) in [6, 6.07) is 0.894. The van der Waals surface area contributed by atoms with Crippen molar-refractivity contribution in [1.29, 1.82) is 0 Å². The summed E-state index contributed by atoms with van der Waals surface area (Å²) in [5.74, 6) is 0. The Labute approximate surface area is 81.3 Å². The van der Waals surface area contributed by atoms with Gasteiger partial charge in [0.1, 0.15) is 0 Å². The largest absolute Gasteiger partial charge is 0.376 e. The van der Waals surface area contributed by atoms with E-state index in [1.807, 2.05) is 0 Å². The maximum absolute atomic E-state index is 5.56. The molecule has 1 aliphatic carbocycles. The molecule has 2 rings (SSSR count). The predicted molar refractivity (Wildman–Crippen MR) is 53.9 cm³/mol.